The van der Waals surface area contributed by atoms with Gasteiger partial charge < -0.3 is 4.90 Å². The summed E-state index contributed by atoms with van der Waals surface area (Å²) in [5, 5.41) is 1.84. The van der Waals surface area contributed by atoms with E-state index < -0.39 is 0 Å². The van der Waals surface area contributed by atoms with Crippen molar-refractivity contribution < 1.29 is 9.18 Å². The van der Waals surface area contributed by atoms with Crippen molar-refractivity contribution in [3.63, 3.8) is 0 Å². The number of carbonyl (C=O) groups is 1. The summed E-state index contributed by atoms with van der Waals surface area (Å²) in [6.07, 6.45) is 1.72. The number of rotatable bonds is 3. The van der Waals surface area contributed by atoms with Crippen molar-refractivity contribution in [1.29, 1.82) is 0 Å². The van der Waals surface area contributed by atoms with Crippen molar-refractivity contribution in [2.24, 2.45) is 0 Å². The molecule has 1 saturated heterocycles. The van der Waals surface area contributed by atoms with Gasteiger partial charge in [-0.1, -0.05) is 0 Å². The minimum atomic E-state index is -0.303. The van der Waals surface area contributed by atoms with E-state index in [9.17, 15) is 14.0 Å². The molecule has 27 heavy (non-hydrogen) atoms. The second kappa shape index (κ2) is 7.21. The lowest BCUT2D eigenvalue weighted by Crippen LogP contribution is -2.48. The van der Waals surface area contributed by atoms with Crippen LogP contribution in [0.15, 0.2) is 40.6 Å². The quantitative estimate of drug-likeness (QED) is 0.692. The van der Waals surface area contributed by atoms with E-state index >= 15 is 0 Å². The molecule has 0 spiro atoms. The second-order valence-electron chi connectivity index (χ2n) is 6.67. The van der Waals surface area contributed by atoms with Gasteiger partial charge >= 0.3 is 0 Å². The van der Waals surface area contributed by atoms with Crippen LogP contribution < -0.4 is 5.56 Å². The molecular weight excluding hydrogens is 367 g/mol. The number of fused-ring (bicyclic) bond motifs is 1. The van der Waals surface area contributed by atoms with Crippen LogP contribution in [0.4, 0.5) is 4.39 Å². The van der Waals surface area contributed by atoms with Crippen LogP contribution in [0.1, 0.15) is 21.6 Å². The first kappa shape index (κ1) is 17.8. The number of hydrogen-bond donors (Lipinski definition) is 0. The molecule has 3 aromatic rings. The predicted octanol–water partition coefficient (Wildman–Crippen LogP) is 2.16. The topological polar surface area (TPSA) is 57.9 Å². The lowest BCUT2D eigenvalue weighted by atomic mass is 10.1. The molecule has 0 atom stereocenters. The Labute approximate surface area is 159 Å². The first-order chi connectivity index (χ1) is 13.0. The molecule has 1 aromatic carbocycles. The minimum absolute atomic E-state index is 0.0725. The molecule has 0 saturated carbocycles. The van der Waals surface area contributed by atoms with Gasteiger partial charge in [-0.3, -0.25) is 18.9 Å². The fourth-order valence-electron chi connectivity index (χ4n) is 3.27. The highest BCUT2D eigenvalue weighted by atomic mass is 32.1. The first-order valence-corrected chi connectivity index (χ1v) is 9.63. The fraction of sp³-hybridized carbons (Fsp3) is 0.316. The van der Waals surface area contributed by atoms with Gasteiger partial charge in [0.2, 0.25) is 0 Å². The highest BCUT2D eigenvalue weighted by molar-refractivity contribution is 7.15. The maximum absolute atomic E-state index is 13.4. The largest absolute Gasteiger partial charge is 0.336 e. The lowest BCUT2D eigenvalue weighted by molar-refractivity contribution is 0.0627. The van der Waals surface area contributed by atoms with Crippen LogP contribution >= 0.6 is 11.3 Å². The molecule has 1 amide bonds. The Hall–Kier alpha value is -2.58. The van der Waals surface area contributed by atoms with Crippen molar-refractivity contribution in [3.8, 4) is 0 Å². The van der Waals surface area contributed by atoms with Crippen molar-refractivity contribution in [2.45, 2.75) is 13.5 Å². The third-order valence-corrected chi connectivity index (χ3v) is 5.56. The summed E-state index contributed by atoms with van der Waals surface area (Å²) in [6.45, 7) is 4.84. The molecule has 0 aliphatic carbocycles. The van der Waals surface area contributed by atoms with Gasteiger partial charge in [0.15, 0.2) is 4.96 Å². The van der Waals surface area contributed by atoms with E-state index in [-0.39, 0.29) is 17.3 Å². The minimum Gasteiger partial charge on any atom is -0.336 e. The number of thiazole rings is 1. The van der Waals surface area contributed by atoms with Gasteiger partial charge in [0, 0.05) is 55.9 Å². The predicted molar refractivity (Wildman–Crippen MR) is 102 cm³/mol. The third-order valence-electron chi connectivity index (χ3n) is 4.81. The van der Waals surface area contributed by atoms with Crippen molar-refractivity contribution >= 4 is 22.2 Å². The van der Waals surface area contributed by atoms with Gasteiger partial charge in [-0.15, -0.1) is 11.3 Å². The molecule has 8 heteroatoms. The standard InChI is InChI=1S/C19H19FN4O2S/c1-13-10-14(2-3-16(13)20)18(26)23-6-4-22(5-7-23)12-15-11-17(25)24-8-9-27-19(24)21-15/h2-3,8-11H,4-7,12H2,1H3. The Morgan fingerprint density at radius 3 is 2.74 bits per heavy atom. The van der Waals surface area contributed by atoms with Crippen LogP contribution in [0.5, 0.6) is 0 Å². The number of amides is 1. The van der Waals surface area contributed by atoms with Crippen molar-refractivity contribution in [3.05, 3.63) is 68.8 Å². The third kappa shape index (κ3) is 3.63. The summed E-state index contributed by atoms with van der Waals surface area (Å²) < 4.78 is 14.9. The lowest BCUT2D eigenvalue weighted by Gasteiger charge is -2.34. The number of piperazine rings is 1. The van der Waals surface area contributed by atoms with Crippen LogP contribution in [0.3, 0.4) is 0 Å². The first-order valence-electron chi connectivity index (χ1n) is 8.75. The molecule has 3 heterocycles. The summed E-state index contributed by atoms with van der Waals surface area (Å²) in [6, 6.07) is 6.03. The van der Waals surface area contributed by atoms with Gasteiger partial charge in [0.25, 0.3) is 11.5 Å². The molecule has 1 aliphatic heterocycles. The zero-order valence-corrected chi connectivity index (χ0v) is 15.7. The Kier molecular flexibility index (Phi) is 4.75. The molecule has 0 bridgehead atoms. The summed E-state index contributed by atoms with van der Waals surface area (Å²) in [5.74, 6) is -0.378. The number of aryl methyl sites for hydroxylation is 1. The molecule has 1 aliphatic rings. The molecule has 1 fully saturated rings. The van der Waals surface area contributed by atoms with Gasteiger partial charge in [-0.05, 0) is 30.7 Å². The van der Waals surface area contributed by atoms with Crippen molar-refractivity contribution in [2.75, 3.05) is 26.2 Å². The monoisotopic (exact) mass is 386 g/mol. The molecule has 6 nitrogen and oxygen atoms in total. The highest BCUT2D eigenvalue weighted by Gasteiger charge is 2.23. The summed E-state index contributed by atoms with van der Waals surface area (Å²) in [7, 11) is 0. The van der Waals surface area contributed by atoms with E-state index in [1.165, 1.54) is 27.9 Å². The van der Waals surface area contributed by atoms with Crippen LogP contribution in [0.2, 0.25) is 0 Å². The van der Waals surface area contributed by atoms with Crippen molar-refractivity contribution in [1.82, 2.24) is 19.2 Å². The van der Waals surface area contributed by atoms with E-state index in [1.54, 1.807) is 30.2 Å². The van der Waals surface area contributed by atoms with Crippen LogP contribution in [-0.4, -0.2) is 51.3 Å². The maximum atomic E-state index is 13.4. The molecule has 4 rings (SSSR count). The normalized spacial score (nSPS) is 15.4. The smallest absolute Gasteiger partial charge is 0.258 e. The number of hydrogen-bond acceptors (Lipinski definition) is 5. The Bertz CT molecular complexity index is 1050. The molecular formula is C19H19FN4O2S. The van der Waals surface area contributed by atoms with E-state index in [2.05, 4.69) is 9.88 Å². The van der Waals surface area contributed by atoms with Gasteiger partial charge in [-0.2, -0.15) is 0 Å². The van der Waals surface area contributed by atoms with Crippen LogP contribution in [0.25, 0.3) is 4.96 Å². The zero-order chi connectivity index (χ0) is 19.0. The van der Waals surface area contributed by atoms with E-state index in [4.69, 9.17) is 0 Å². The average Bonchev–Trinajstić information content (AvgIpc) is 3.13. The Morgan fingerprint density at radius 1 is 1.22 bits per heavy atom. The van der Waals surface area contributed by atoms with Gasteiger partial charge in [0.05, 0.1) is 5.69 Å². The Morgan fingerprint density at radius 2 is 2.00 bits per heavy atom. The molecule has 0 N–H and O–H groups in total. The number of aromatic nitrogens is 2. The van der Waals surface area contributed by atoms with Crippen LogP contribution in [-0.2, 0) is 6.54 Å². The maximum Gasteiger partial charge on any atom is 0.258 e. The van der Waals surface area contributed by atoms with E-state index in [0.29, 0.717) is 48.8 Å². The van der Waals surface area contributed by atoms with E-state index in [0.717, 1.165) is 5.69 Å². The van der Waals surface area contributed by atoms with Gasteiger partial charge in [0.1, 0.15) is 5.82 Å². The number of carbonyl (C=O) groups excluding carboxylic acids is 1. The SMILES string of the molecule is Cc1cc(C(=O)N2CCN(Cc3cc(=O)n4ccsc4n3)CC2)ccc1F. The molecule has 0 unspecified atom stereocenters. The van der Waals surface area contributed by atoms with Gasteiger partial charge in [-0.25, -0.2) is 9.37 Å². The van der Waals surface area contributed by atoms with E-state index in [1.807, 2.05) is 5.38 Å². The number of halogens is 1. The summed E-state index contributed by atoms with van der Waals surface area (Å²) in [4.78, 5) is 33.9. The summed E-state index contributed by atoms with van der Waals surface area (Å²) in [5.41, 5.74) is 1.66. The second-order valence-corrected chi connectivity index (χ2v) is 7.55. The summed E-state index contributed by atoms with van der Waals surface area (Å²) >= 11 is 1.44. The number of benzene rings is 1. The average molecular weight is 386 g/mol. The fourth-order valence-corrected chi connectivity index (χ4v) is 4.01. The molecule has 0 radical (unpaired) electrons. The zero-order valence-electron chi connectivity index (χ0n) is 14.9. The number of nitrogens with zero attached hydrogens (tertiary/aromatic N) is 4. The molecule has 140 valence electrons. The Balaban J connectivity index is 1.40. The highest BCUT2D eigenvalue weighted by Crippen LogP contribution is 2.14. The molecule has 2 aromatic heterocycles. The van der Waals surface area contributed by atoms with Crippen LogP contribution in [0, 0.1) is 12.7 Å².